The molecule has 0 aliphatic carbocycles. The third-order valence-electron chi connectivity index (χ3n) is 2.05. The number of allylic oxidation sites excluding steroid dienone is 1. The highest BCUT2D eigenvalue weighted by atomic mass is 14.8. The van der Waals surface area contributed by atoms with Crippen molar-refractivity contribution in [3.63, 3.8) is 0 Å². The number of rotatable bonds is 3. The molecule has 66 valence electrons. The van der Waals surface area contributed by atoms with Crippen molar-refractivity contribution in [3.05, 3.63) is 11.5 Å². The largest absolute Gasteiger partial charge is 0.399 e. The summed E-state index contributed by atoms with van der Waals surface area (Å²) in [5.74, 6) is 1.42. The van der Waals surface area contributed by atoms with Crippen LogP contribution in [0.2, 0.25) is 0 Å². The van der Waals surface area contributed by atoms with Crippen LogP contribution in [0, 0.1) is 11.8 Å². The average Bonchev–Trinajstić information content (AvgIpc) is 1.87. The minimum atomic E-state index is 0.262. The lowest BCUT2D eigenvalue weighted by Crippen LogP contribution is -2.19. The Kier molecular flexibility index (Phi) is 3.79. The first-order valence-electron chi connectivity index (χ1n) is 3.94. The lowest BCUT2D eigenvalue weighted by atomic mass is 9.93. The zero-order valence-corrected chi connectivity index (χ0v) is 7.59. The minimum Gasteiger partial charge on any atom is -0.399 e. The lowest BCUT2D eigenvalue weighted by Gasteiger charge is -2.15. The molecule has 0 saturated carbocycles. The summed E-state index contributed by atoms with van der Waals surface area (Å²) in [6.07, 6.45) is 0.792. The topological polar surface area (TPSA) is 78.1 Å². The lowest BCUT2D eigenvalue weighted by molar-refractivity contribution is 0.413. The Hall–Kier alpha value is -0.860. The van der Waals surface area contributed by atoms with E-state index in [0.717, 1.165) is 6.42 Å². The van der Waals surface area contributed by atoms with E-state index in [1.54, 1.807) is 0 Å². The molecular formula is C8H19N3. The molecule has 0 fully saturated rings. The van der Waals surface area contributed by atoms with Gasteiger partial charge in [-0.2, -0.15) is 0 Å². The fourth-order valence-corrected chi connectivity index (χ4v) is 0.700. The normalized spacial score (nSPS) is 13.1. The van der Waals surface area contributed by atoms with Crippen LogP contribution in [-0.2, 0) is 0 Å². The molecule has 6 N–H and O–H groups in total. The molecule has 0 aromatic rings. The van der Waals surface area contributed by atoms with E-state index in [1.807, 2.05) is 0 Å². The summed E-state index contributed by atoms with van der Waals surface area (Å²) in [6, 6.07) is 0. The maximum absolute atomic E-state index is 5.58. The highest BCUT2D eigenvalue weighted by Crippen LogP contribution is 2.16. The Morgan fingerprint density at radius 3 is 1.82 bits per heavy atom. The van der Waals surface area contributed by atoms with Crippen molar-refractivity contribution >= 4 is 0 Å². The van der Waals surface area contributed by atoms with E-state index >= 15 is 0 Å². The van der Waals surface area contributed by atoms with Crippen molar-refractivity contribution in [3.8, 4) is 0 Å². The van der Waals surface area contributed by atoms with Crippen LogP contribution >= 0.6 is 0 Å². The van der Waals surface area contributed by atoms with E-state index in [9.17, 15) is 0 Å². The van der Waals surface area contributed by atoms with Gasteiger partial charge in [-0.3, -0.25) is 0 Å². The zero-order chi connectivity index (χ0) is 9.02. The maximum atomic E-state index is 5.58. The highest BCUT2D eigenvalue weighted by Gasteiger charge is 2.08. The van der Waals surface area contributed by atoms with Crippen LogP contribution in [0.25, 0.3) is 0 Å². The third kappa shape index (κ3) is 3.75. The first-order chi connectivity index (χ1) is 4.95. The Bertz CT molecular complexity index is 145. The molecule has 3 heteroatoms. The van der Waals surface area contributed by atoms with Crippen molar-refractivity contribution in [2.45, 2.75) is 27.2 Å². The predicted molar refractivity (Wildman–Crippen MR) is 48.2 cm³/mol. The van der Waals surface area contributed by atoms with Gasteiger partial charge in [0.15, 0.2) is 0 Å². The molecule has 0 aliphatic rings. The van der Waals surface area contributed by atoms with E-state index in [1.165, 1.54) is 0 Å². The molecule has 0 rings (SSSR count). The first-order valence-corrected chi connectivity index (χ1v) is 3.94. The van der Waals surface area contributed by atoms with Crippen LogP contribution < -0.4 is 17.2 Å². The van der Waals surface area contributed by atoms with E-state index in [0.29, 0.717) is 17.5 Å². The molecule has 0 spiro atoms. The molecule has 0 radical (unpaired) electrons. The SMILES string of the molecule is CC(C)C(C)CC(N)=C(N)N. The summed E-state index contributed by atoms with van der Waals surface area (Å²) in [6.45, 7) is 6.45. The molecule has 0 bridgehead atoms. The van der Waals surface area contributed by atoms with Gasteiger partial charge in [0.2, 0.25) is 0 Å². The molecule has 1 atom stereocenters. The summed E-state index contributed by atoms with van der Waals surface area (Å²) < 4.78 is 0. The van der Waals surface area contributed by atoms with Crippen molar-refractivity contribution in [2.75, 3.05) is 0 Å². The summed E-state index contributed by atoms with van der Waals surface area (Å²) in [5, 5.41) is 0. The molecule has 0 heterocycles. The molecular weight excluding hydrogens is 138 g/mol. The number of hydrogen-bond donors (Lipinski definition) is 3. The van der Waals surface area contributed by atoms with Gasteiger partial charge >= 0.3 is 0 Å². The number of nitrogens with two attached hydrogens (primary N) is 3. The van der Waals surface area contributed by atoms with Crippen LogP contribution in [0.4, 0.5) is 0 Å². The molecule has 1 unspecified atom stereocenters. The zero-order valence-electron chi connectivity index (χ0n) is 7.59. The van der Waals surface area contributed by atoms with Crippen molar-refractivity contribution < 1.29 is 0 Å². The van der Waals surface area contributed by atoms with Gasteiger partial charge in [0.25, 0.3) is 0 Å². The second-order valence-corrected chi connectivity index (χ2v) is 3.41. The molecule has 0 saturated heterocycles. The van der Waals surface area contributed by atoms with E-state index in [2.05, 4.69) is 20.8 Å². The summed E-state index contributed by atoms with van der Waals surface area (Å²) in [7, 11) is 0. The van der Waals surface area contributed by atoms with E-state index in [-0.39, 0.29) is 5.82 Å². The Labute approximate surface area is 68.6 Å². The summed E-state index contributed by atoms with van der Waals surface area (Å²) >= 11 is 0. The van der Waals surface area contributed by atoms with Crippen molar-refractivity contribution in [1.82, 2.24) is 0 Å². The number of hydrogen-bond acceptors (Lipinski definition) is 3. The van der Waals surface area contributed by atoms with Crippen LogP contribution in [0.1, 0.15) is 27.2 Å². The van der Waals surface area contributed by atoms with Gasteiger partial charge in [-0.1, -0.05) is 20.8 Å². The smallest absolute Gasteiger partial charge is 0.113 e. The van der Waals surface area contributed by atoms with Crippen molar-refractivity contribution in [2.24, 2.45) is 29.0 Å². The average molecular weight is 157 g/mol. The third-order valence-corrected chi connectivity index (χ3v) is 2.05. The van der Waals surface area contributed by atoms with Gasteiger partial charge < -0.3 is 17.2 Å². The first kappa shape index (κ1) is 10.1. The monoisotopic (exact) mass is 157 g/mol. The van der Waals surface area contributed by atoms with Gasteiger partial charge in [0.1, 0.15) is 5.82 Å². The van der Waals surface area contributed by atoms with Gasteiger partial charge in [0.05, 0.1) is 0 Å². The Morgan fingerprint density at radius 1 is 1.09 bits per heavy atom. The standard InChI is InChI=1S/C8H19N3/c1-5(2)6(3)4-7(9)8(10)11/h5-6H,4,9-11H2,1-3H3. The Balaban J connectivity index is 3.96. The molecule has 0 aromatic carbocycles. The molecule has 0 aromatic heterocycles. The van der Waals surface area contributed by atoms with Crippen molar-refractivity contribution in [1.29, 1.82) is 0 Å². The van der Waals surface area contributed by atoms with Crippen LogP contribution in [0.5, 0.6) is 0 Å². The van der Waals surface area contributed by atoms with Gasteiger partial charge in [-0.05, 0) is 18.3 Å². The van der Waals surface area contributed by atoms with Crippen LogP contribution in [0.15, 0.2) is 11.5 Å². The summed E-state index contributed by atoms with van der Waals surface area (Å²) in [4.78, 5) is 0. The van der Waals surface area contributed by atoms with Crippen LogP contribution in [0.3, 0.4) is 0 Å². The minimum absolute atomic E-state index is 0.262. The maximum Gasteiger partial charge on any atom is 0.113 e. The molecule has 11 heavy (non-hydrogen) atoms. The summed E-state index contributed by atoms with van der Waals surface area (Å²) in [5.41, 5.74) is 16.8. The van der Waals surface area contributed by atoms with Gasteiger partial charge in [-0.15, -0.1) is 0 Å². The second-order valence-electron chi connectivity index (χ2n) is 3.41. The van der Waals surface area contributed by atoms with E-state index < -0.39 is 0 Å². The van der Waals surface area contributed by atoms with Gasteiger partial charge in [0, 0.05) is 5.70 Å². The fourth-order valence-electron chi connectivity index (χ4n) is 0.700. The fraction of sp³-hybridized carbons (Fsp3) is 0.750. The molecule has 3 nitrogen and oxygen atoms in total. The quantitative estimate of drug-likeness (QED) is 0.564. The predicted octanol–water partition coefficient (Wildman–Crippen LogP) is 0.714. The van der Waals surface area contributed by atoms with Crippen LogP contribution in [-0.4, -0.2) is 0 Å². The molecule has 0 aliphatic heterocycles. The highest BCUT2D eigenvalue weighted by molar-refractivity contribution is 5.03. The van der Waals surface area contributed by atoms with E-state index in [4.69, 9.17) is 17.2 Å². The molecule has 0 amide bonds. The van der Waals surface area contributed by atoms with Gasteiger partial charge in [-0.25, -0.2) is 0 Å². The second kappa shape index (κ2) is 4.11. The Morgan fingerprint density at radius 2 is 1.55 bits per heavy atom.